The van der Waals surface area contributed by atoms with Crippen LogP contribution in [0.4, 0.5) is 11.4 Å². The van der Waals surface area contributed by atoms with E-state index >= 15 is 0 Å². The average Bonchev–Trinajstić information content (AvgIpc) is 3.34. The van der Waals surface area contributed by atoms with Crippen molar-refractivity contribution in [1.82, 2.24) is 0 Å². The monoisotopic (exact) mass is 524 g/mol. The van der Waals surface area contributed by atoms with Crippen LogP contribution in [0.1, 0.15) is 101 Å². The van der Waals surface area contributed by atoms with Crippen LogP contribution in [-0.2, 0) is 0 Å². The smallest absolute Gasteiger partial charge is 0.134 e. The first-order chi connectivity index (χ1) is 17.9. The molecule has 38 heavy (non-hydrogen) atoms. The third-order valence-corrected chi connectivity index (χ3v) is 11.7. The van der Waals surface area contributed by atoms with Gasteiger partial charge in [-0.25, -0.2) is 0 Å². The molecule has 0 spiro atoms. The molecule has 0 fully saturated rings. The SMILES string of the molecule is CC(C)c1cccc(C(C)C)c1N1C=C([Si](C)(C)c2ccccc2)N(c2c(C(C)C)cccc2C(C)C)C1. The largest absolute Gasteiger partial charge is 0.328 e. The summed E-state index contributed by atoms with van der Waals surface area (Å²) in [6.07, 6.45) is 2.52. The van der Waals surface area contributed by atoms with Crippen LogP contribution in [-0.4, -0.2) is 14.7 Å². The predicted molar refractivity (Wildman–Crippen MR) is 171 cm³/mol. The second-order valence-corrected chi connectivity index (χ2v) is 17.1. The maximum Gasteiger partial charge on any atom is 0.134 e. The minimum absolute atomic E-state index is 0.453. The van der Waals surface area contributed by atoms with E-state index in [4.69, 9.17) is 0 Å². The third kappa shape index (κ3) is 5.23. The summed E-state index contributed by atoms with van der Waals surface area (Å²) in [7, 11) is -2.03. The maximum atomic E-state index is 2.70. The topological polar surface area (TPSA) is 6.48 Å². The van der Waals surface area contributed by atoms with Gasteiger partial charge in [0, 0.05) is 22.9 Å². The molecule has 4 rings (SSSR count). The normalized spacial score (nSPS) is 14.4. The summed E-state index contributed by atoms with van der Waals surface area (Å²) in [5.41, 5.74) is 8.61. The molecule has 0 atom stereocenters. The van der Waals surface area contributed by atoms with Gasteiger partial charge in [-0.15, -0.1) is 0 Å². The summed E-state index contributed by atoms with van der Waals surface area (Å²) in [5.74, 6) is 1.83. The molecule has 1 aliphatic heterocycles. The van der Waals surface area contributed by atoms with Crippen LogP contribution in [0.3, 0.4) is 0 Å². The van der Waals surface area contributed by atoms with Crippen molar-refractivity contribution in [2.45, 2.75) is 92.2 Å². The van der Waals surface area contributed by atoms with Gasteiger partial charge in [0.15, 0.2) is 0 Å². The number of nitrogens with zero attached hydrogens (tertiary/aromatic N) is 2. The van der Waals surface area contributed by atoms with E-state index in [1.165, 1.54) is 44.1 Å². The van der Waals surface area contributed by atoms with Crippen molar-refractivity contribution in [3.8, 4) is 0 Å². The van der Waals surface area contributed by atoms with Crippen molar-refractivity contribution in [3.05, 3.63) is 101 Å². The lowest BCUT2D eigenvalue weighted by molar-refractivity contribution is 0.801. The van der Waals surface area contributed by atoms with Crippen LogP contribution >= 0.6 is 0 Å². The molecule has 3 aromatic rings. The highest BCUT2D eigenvalue weighted by Gasteiger charge is 2.40. The Hall–Kier alpha value is -2.78. The Kier molecular flexibility index (Phi) is 8.28. The quantitative estimate of drug-likeness (QED) is 0.271. The van der Waals surface area contributed by atoms with E-state index < -0.39 is 8.07 Å². The molecule has 0 amide bonds. The highest BCUT2D eigenvalue weighted by molar-refractivity contribution is 6.96. The maximum absolute atomic E-state index is 2.70. The molecule has 0 bridgehead atoms. The molecule has 1 aliphatic rings. The number of anilines is 2. The van der Waals surface area contributed by atoms with Gasteiger partial charge in [0.1, 0.15) is 8.07 Å². The lowest BCUT2D eigenvalue weighted by atomic mass is 9.91. The van der Waals surface area contributed by atoms with Gasteiger partial charge in [-0.2, -0.15) is 0 Å². The second kappa shape index (κ2) is 11.1. The molecule has 2 nitrogen and oxygen atoms in total. The molecular weight excluding hydrogens is 476 g/mol. The molecule has 3 heteroatoms. The van der Waals surface area contributed by atoms with E-state index in [1.54, 1.807) is 0 Å². The van der Waals surface area contributed by atoms with Crippen LogP contribution in [0.2, 0.25) is 13.1 Å². The van der Waals surface area contributed by atoms with Gasteiger partial charge in [0.2, 0.25) is 0 Å². The zero-order valence-electron chi connectivity index (χ0n) is 25.3. The standard InChI is InChI=1S/C35H48N2Si/c1-24(2)29-18-14-19-30(25(3)4)34(29)36-22-33(38(9,10)28-16-12-11-13-17-28)37(23-36)35-31(26(5)6)20-15-21-32(35)27(7)8/h11-22,24-27H,23H2,1-10H3. The van der Waals surface area contributed by atoms with Gasteiger partial charge in [-0.1, -0.05) is 140 Å². The second-order valence-electron chi connectivity index (χ2n) is 12.7. The molecule has 0 radical (unpaired) electrons. The fraction of sp³-hybridized carbons (Fsp3) is 0.429. The summed E-state index contributed by atoms with van der Waals surface area (Å²) >= 11 is 0. The van der Waals surface area contributed by atoms with Gasteiger partial charge >= 0.3 is 0 Å². The summed E-state index contributed by atoms with van der Waals surface area (Å²) in [5, 5.41) is 2.97. The lowest BCUT2D eigenvalue weighted by Gasteiger charge is -2.36. The Morgan fingerprint density at radius 2 is 0.974 bits per heavy atom. The van der Waals surface area contributed by atoms with Gasteiger partial charge in [0.05, 0.1) is 6.67 Å². The molecule has 0 saturated carbocycles. The summed E-state index contributed by atoms with van der Waals surface area (Å²) in [6, 6.07) is 25.1. The molecular formula is C35H48N2Si. The lowest BCUT2D eigenvalue weighted by Crippen LogP contribution is -2.49. The Bertz CT molecular complexity index is 1230. The Morgan fingerprint density at radius 1 is 0.553 bits per heavy atom. The van der Waals surface area contributed by atoms with Gasteiger partial charge < -0.3 is 9.80 Å². The first-order valence-corrected chi connectivity index (χ1v) is 17.5. The van der Waals surface area contributed by atoms with E-state index in [0.717, 1.165) is 6.67 Å². The zero-order valence-corrected chi connectivity index (χ0v) is 26.3. The number of benzene rings is 3. The van der Waals surface area contributed by atoms with Gasteiger partial charge in [-0.05, 0) is 45.9 Å². The van der Waals surface area contributed by atoms with E-state index in [2.05, 4.69) is 151 Å². The average molecular weight is 525 g/mol. The molecule has 1 heterocycles. The van der Waals surface area contributed by atoms with Crippen LogP contribution in [0, 0.1) is 0 Å². The van der Waals surface area contributed by atoms with Crippen molar-refractivity contribution in [2.75, 3.05) is 16.5 Å². The minimum Gasteiger partial charge on any atom is -0.328 e. The van der Waals surface area contributed by atoms with Gasteiger partial charge in [-0.3, -0.25) is 0 Å². The highest BCUT2D eigenvalue weighted by atomic mass is 28.3. The van der Waals surface area contributed by atoms with E-state index in [9.17, 15) is 0 Å². The number of hydrogen-bond acceptors (Lipinski definition) is 2. The summed E-state index contributed by atoms with van der Waals surface area (Å²) in [6.45, 7) is 24.6. The number of hydrogen-bond donors (Lipinski definition) is 0. The fourth-order valence-electron chi connectivity index (χ4n) is 5.98. The van der Waals surface area contributed by atoms with Crippen LogP contribution in [0.5, 0.6) is 0 Å². The first-order valence-electron chi connectivity index (χ1n) is 14.5. The van der Waals surface area contributed by atoms with Crippen LogP contribution in [0.25, 0.3) is 0 Å². The fourth-order valence-corrected chi connectivity index (χ4v) is 8.64. The molecule has 0 aromatic heterocycles. The Labute approximate surface area is 233 Å². The van der Waals surface area contributed by atoms with Crippen molar-refractivity contribution in [2.24, 2.45) is 0 Å². The van der Waals surface area contributed by atoms with Crippen molar-refractivity contribution >= 4 is 24.6 Å². The Balaban J connectivity index is 2.00. The number of para-hydroxylation sites is 2. The summed E-state index contributed by atoms with van der Waals surface area (Å²) in [4.78, 5) is 5.28. The van der Waals surface area contributed by atoms with Crippen LogP contribution in [0.15, 0.2) is 78.3 Å². The number of rotatable bonds is 8. The van der Waals surface area contributed by atoms with Crippen LogP contribution < -0.4 is 15.0 Å². The molecule has 0 aliphatic carbocycles. The summed E-state index contributed by atoms with van der Waals surface area (Å²) < 4.78 is 0. The van der Waals surface area contributed by atoms with E-state index in [-0.39, 0.29) is 0 Å². The third-order valence-electron chi connectivity index (χ3n) is 8.24. The zero-order chi connectivity index (χ0) is 27.8. The highest BCUT2D eigenvalue weighted by Crippen LogP contribution is 2.44. The molecule has 0 unspecified atom stereocenters. The van der Waals surface area contributed by atoms with Gasteiger partial charge in [0.25, 0.3) is 0 Å². The molecule has 202 valence electrons. The van der Waals surface area contributed by atoms with Crippen molar-refractivity contribution < 1.29 is 0 Å². The minimum atomic E-state index is -2.03. The Morgan fingerprint density at radius 3 is 1.39 bits per heavy atom. The van der Waals surface area contributed by atoms with Crippen molar-refractivity contribution in [1.29, 1.82) is 0 Å². The molecule has 0 N–H and O–H groups in total. The molecule has 3 aromatic carbocycles. The molecule has 0 saturated heterocycles. The van der Waals surface area contributed by atoms with E-state index in [1.807, 2.05) is 0 Å². The van der Waals surface area contributed by atoms with Crippen molar-refractivity contribution in [3.63, 3.8) is 0 Å². The predicted octanol–water partition coefficient (Wildman–Crippen LogP) is 9.46. The van der Waals surface area contributed by atoms with E-state index in [0.29, 0.717) is 23.7 Å². The first kappa shape index (κ1) is 28.2.